The number of carbonyl (C=O) groups is 2. The number of unbranched alkanes of at least 4 members (excludes halogenated alkanes) is 6. The van der Waals surface area contributed by atoms with Gasteiger partial charge in [0.25, 0.3) is 0 Å². The Balaban J connectivity index is 2.33. The molecule has 1 N–H and O–H groups in total. The third kappa shape index (κ3) is 7.31. The Hall–Kier alpha value is -1.84. The van der Waals surface area contributed by atoms with Crippen LogP contribution in [0.1, 0.15) is 85.9 Å². The summed E-state index contributed by atoms with van der Waals surface area (Å²) in [5, 5.41) is 9.10. The van der Waals surface area contributed by atoms with E-state index in [0.717, 1.165) is 19.3 Å². The Morgan fingerprint density at radius 1 is 1.00 bits per heavy atom. The normalized spacial score (nSPS) is 11.9. The molecule has 0 fully saturated rings. The number of carboxylic acid groups (broad SMARTS) is 1. The Kier molecular flexibility index (Phi) is 9.03. The molecule has 1 rings (SSSR count). The minimum atomic E-state index is -1.11. The van der Waals surface area contributed by atoms with Crippen molar-refractivity contribution in [1.82, 2.24) is 0 Å². The molecule has 0 aliphatic rings. The molecule has 0 aliphatic carbocycles. The van der Waals surface area contributed by atoms with Gasteiger partial charge in [-0.15, -0.1) is 0 Å². The highest BCUT2D eigenvalue weighted by Gasteiger charge is 2.18. The predicted octanol–water partition coefficient (Wildman–Crippen LogP) is 5.07. The van der Waals surface area contributed by atoms with Crippen LogP contribution in [0.3, 0.4) is 0 Å². The van der Waals surface area contributed by atoms with Crippen LogP contribution in [-0.2, 0) is 4.74 Å². The van der Waals surface area contributed by atoms with Crippen LogP contribution < -0.4 is 0 Å². The van der Waals surface area contributed by atoms with E-state index in [2.05, 4.69) is 6.92 Å². The van der Waals surface area contributed by atoms with E-state index in [1.807, 2.05) is 6.92 Å². The number of esters is 1. The van der Waals surface area contributed by atoms with E-state index < -0.39 is 11.9 Å². The molecule has 128 valence electrons. The van der Waals surface area contributed by atoms with Crippen LogP contribution in [-0.4, -0.2) is 23.1 Å². The molecule has 1 atom stereocenters. The van der Waals surface area contributed by atoms with Gasteiger partial charge in [0.05, 0.1) is 17.2 Å². The number of carbonyl (C=O) groups excluding carboxylic acids is 1. The molecule has 0 saturated heterocycles. The number of rotatable bonds is 11. The van der Waals surface area contributed by atoms with Crippen LogP contribution in [0.25, 0.3) is 0 Å². The van der Waals surface area contributed by atoms with Gasteiger partial charge in [-0.05, 0) is 31.9 Å². The quantitative estimate of drug-likeness (QED) is 0.456. The van der Waals surface area contributed by atoms with Gasteiger partial charge in [0.15, 0.2) is 0 Å². The lowest BCUT2D eigenvalue weighted by Crippen LogP contribution is -2.17. The van der Waals surface area contributed by atoms with Gasteiger partial charge in [-0.3, -0.25) is 0 Å². The van der Waals surface area contributed by atoms with Crippen LogP contribution >= 0.6 is 0 Å². The first kappa shape index (κ1) is 19.2. The van der Waals surface area contributed by atoms with E-state index in [-0.39, 0.29) is 17.2 Å². The van der Waals surface area contributed by atoms with Gasteiger partial charge in [0.1, 0.15) is 0 Å². The fraction of sp³-hybridized carbons (Fsp3) is 0.579. The van der Waals surface area contributed by atoms with Gasteiger partial charge >= 0.3 is 11.9 Å². The van der Waals surface area contributed by atoms with Crippen molar-refractivity contribution in [2.45, 2.75) is 71.3 Å². The summed E-state index contributed by atoms with van der Waals surface area (Å²) < 4.78 is 5.37. The first-order valence-corrected chi connectivity index (χ1v) is 8.59. The molecule has 4 heteroatoms. The minimum absolute atomic E-state index is 0.0133. The second-order valence-corrected chi connectivity index (χ2v) is 5.98. The number of hydrogen-bond acceptors (Lipinski definition) is 3. The number of aromatic carboxylic acids is 1. The lowest BCUT2D eigenvalue weighted by atomic mass is 10.1. The molecule has 1 aromatic carbocycles. The molecule has 0 radical (unpaired) electrons. The third-order valence-corrected chi connectivity index (χ3v) is 3.90. The van der Waals surface area contributed by atoms with E-state index in [1.165, 1.54) is 44.2 Å². The highest BCUT2D eigenvalue weighted by molar-refractivity contribution is 6.02. The zero-order valence-electron chi connectivity index (χ0n) is 14.2. The van der Waals surface area contributed by atoms with E-state index in [1.54, 1.807) is 12.1 Å². The zero-order chi connectivity index (χ0) is 17.1. The fourth-order valence-corrected chi connectivity index (χ4v) is 2.54. The summed E-state index contributed by atoms with van der Waals surface area (Å²) in [5.74, 6) is -1.67. The van der Waals surface area contributed by atoms with Crippen LogP contribution in [0.4, 0.5) is 0 Å². The first-order valence-electron chi connectivity index (χ1n) is 8.59. The maximum atomic E-state index is 12.1. The lowest BCUT2D eigenvalue weighted by molar-refractivity contribution is 0.0313. The third-order valence-electron chi connectivity index (χ3n) is 3.90. The van der Waals surface area contributed by atoms with Gasteiger partial charge in [0, 0.05) is 0 Å². The van der Waals surface area contributed by atoms with E-state index >= 15 is 0 Å². The second kappa shape index (κ2) is 10.8. The molecular weight excluding hydrogens is 292 g/mol. The fourth-order valence-electron chi connectivity index (χ4n) is 2.54. The van der Waals surface area contributed by atoms with Crippen LogP contribution in [0, 0.1) is 0 Å². The number of hydrogen-bond donors (Lipinski definition) is 1. The number of benzene rings is 1. The summed E-state index contributed by atoms with van der Waals surface area (Å²) in [7, 11) is 0. The summed E-state index contributed by atoms with van der Waals surface area (Å²) in [5.41, 5.74) is 0.104. The highest BCUT2D eigenvalue weighted by atomic mass is 16.5. The van der Waals surface area contributed by atoms with Crippen molar-refractivity contribution in [2.75, 3.05) is 0 Å². The molecular formula is C19H28O4. The molecule has 0 aliphatic heterocycles. The van der Waals surface area contributed by atoms with Gasteiger partial charge in [-0.25, -0.2) is 9.59 Å². The van der Waals surface area contributed by atoms with Gasteiger partial charge < -0.3 is 9.84 Å². The second-order valence-electron chi connectivity index (χ2n) is 5.98. The molecule has 1 unspecified atom stereocenters. The number of carboxylic acids is 1. The molecule has 23 heavy (non-hydrogen) atoms. The molecule has 0 aromatic heterocycles. The van der Waals surface area contributed by atoms with Crippen molar-refractivity contribution in [1.29, 1.82) is 0 Å². The Labute approximate surface area is 138 Å². The summed E-state index contributed by atoms with van der Waals surface area (Å²) in [6.45, 7) is 4.07. The number of ether oxygens (including phenoxy) is 1. The topological polar surface area (TPSA) is 63.6 Å². The molecule has 0 heterocycles. The van der Waals surface area contributed by atoms with Crippen molar-refractivity contribution in [3.05, 3.63) is 35.4 Å². The Morgan fingerprint density at radius 2 is 1.57 bits per heavy atom. The van der Waals surface area contributed by atoms with Crippen molar-refractivity contribution in [3.63, 3.8) is 0 Å². The summed E-state index contributed by atoms with van der Waals surface area (Å²) >= 11 is 0. The van der Waals surface area contributed by atoms with Crippen molar-refractivity contribution >= 4 is 11.9 Å². The SMILES string of the molecule is CCCCCCCCCC(C)OC(=O)c1ccccc1C(=O)O. The van der Waals surface area contributed by atoms with E-state index in [9.17, 15) is 9.59 Å². The van der Waals surface area contributed by atoms with Crippen molar-refractivity contribution in [2.24, 2.45) is 0 Å². The van der Waals surface area contributed by atoms with Crippen molar-refractivity contribution in [3.8, 4) is 0 Å². The molecule has 0 bridgehead atoms. The maximum absolute atomic E-state index is 12.1. The smallest absolute Gasteiger partial charge is 0.339 e. The maximum Gasteiger partial charge on any atom is 0.339 e. The van der Waals surface area contributed by atoms with Gasteiger partial charge in [0.2, 0.25) is 0 Å². The molecule has 4 nitrogen and oxygen atoms in total. The van der Waals surface area contributed by atoms with Gasteiger partial charge in [-0.2, -0.15) is 0 Å². The molecule has 0 spiro atoms. The zero-order valence-corrected chi connectivity index (χ0v) is 14.2. The molecule has 0 saturated carbocycles. The highest BCUT2D eigenvalue weighted by Crippen LogP contribution is 2.15. The van der Waals surface area contributed by atoms with E-state index in [0.29, 0.717) is 0 Å². The first-order chi connectivity index (χ1) is 11.1. The predicted molar refractivity (Wildman–Crippen MR) is 90.9 cm³/mol. The summed E-state index contributed by atoms with van der Waals surface area (Å²) in [4.78, 5) is 23.2. The van der Waals surface area contributed by atoms with Crippen molar-refractivity contribution < 1.29 is 19.4 Å². The monoisotopic (exact) mass is 320 g/mol. The standard InChI is InChI=1S/C19H28O4/c1-3-4-5-6-7-8-9-12-15(2)23-19(22)17-14-11-10-13-16(17)18(20)21/h10-11,13-15H,3-9,12H2,1-2H3,(H,20,21). The van der Waals surface area contributed by atoms with Crippen LogP contribution in [0.2, 0.25) is 0 Å². The van der Waals surface area contributed by atoms with Gasteiger partial charge in [-0.1, -0.05) is 57.6 Å². The van der Waals surface area contributed by atoms with E-state index in [4.69, 9.17) is 9.84 Å². The van der Waals surface area contributed by atoms with Crippen LogP contribution in [0.5, 0.6) is 0 Å². The van der Waals surface area contributed by atoms with Crippen LogP contribution in [0.15, 0.2) is 24.3 Å². The Bertz CT molecular complexity index is 496. The summed E-state index contributed by atoms with van der Waals surface area (Å²) in [6, 6.07) is 6.15. The molecule has 1 aromatic rings. The Morgan fingerprint density at radius 3 is 2.17 bits per heavy atom. The average Bonchev–Trinajstić information content (AvgIpc) is 2.53. The average molecular weight is 320 g/mol. The summed E-state index contributed by atoms with van der Waals surface area (Å²) in [6.07, 6.45) is 9.15. The lowest BCUT2D eigenvalue weighted by Gasteiger charge is -2.14. The largest absolute Gasteiger partial charge is 0.478 e. The minimum Gasteiger partial charge on any atom is -0.478 e. The molecule has 0 amide bonds.